The Labute approximate surface area is 136 Å². The van der Waals surface area contributed by atoms with Crippen LogP contribution in [0.25, 0.3) is 0 Å². The highest BCUT2D eigenvalue weighted by Crippen LogP contribution is 2.46. The molecule has 0 atom stereocenters. The molecule has 1 N–H and O–H groups in total. The van der Waals surface area contributed by atoms with Crippen LogP contribution in [-0.2, 0) is 9.47 Å². The molecule has 0 aromatic carbocycles. The number of rotatable bonds is 9. The van der Waals surface area contributed by atoms with E-state index in [-0.39, 0.29) is 5.54 Å². The van der Waals surface area contributed by atoms with Crippen molar-refractivity contribution in [3.8, 4) is 0 Å². The summed E-state index contributed by atoms with van der Waals surface area (Å²) >= 11 is 0. The van der Waals surface area contributed by atoms with Crippen LogP contribution in [0.3, 0.4) is 0 Å². The Hall–Kier alpha value is -0.810. The van der Waals surface area contributed by atoms with Gasteiger partial charge in [-0.1, -0.05) is 27.2 Å². The lowest BCUT2D eigenvalue weighted by Gasteiger charge is -2.62. The smallest absolute Gasteiger partial charge is 0.194 e. The average molecular weight is 313 g/mol. The number of nitrogens with zero attached hydrogens (tertiary/aromatic N) is 2. The van der Waals surface area contributed by atoms with Gasteiger partial charge in [0.25, 0.3) is 0 Å². The zero-order chi connectivity index (χ0) is 16.6. The van der Waals surface area contributed by atoms with E-state index in [1.54, 1.807) is 0 Å². The maximum Gasteiger partial charge on any atom is 0.194 e. The minimum Gasteiger partial charge on any atom is -0.379 e. The number of nitrogens with one attached hydrogen (secondary N) is 1. The summed E-state index contributed by atoms with van der Waals surface area (Å²) in [5, 5.41) is 3.39. The second-order valence-electron chi connectivity index (χ2n) is 7.08. The fourth-order valence-corrected chi connectivity index (χ4v) is 2.50. The van der Waals surface area contributed by atoms with E-state index >= 15 is 0 Å². The fraction of sp³-hybridized carbons (Fsp3) is 0.941. The van der Waals surface area contributed by atoms with Gasteiger partial charge in [-0.05, 0) is 20.3 Å². The van der Waals surface area contributed by atoms with Crippen LogP contribution in [0.4, 0.5) is 0 Å². The number of hydrogen-bond acceptors (Lipinski definition) is 3. The summed E-state index contributed by atoms with van der Waals surface area (Å²) in [6.45, 7) is 16.0. The normalized spacial score (nSPS) is 19.9. The number of guanidine groups is 1. The van der Waals surface area contributed by atoms with Crippen molar-refractivity contribution in [1.82, 2.24) is 10.2 Å². The first kappa shape index (κ1) is 19.2. The molecule has 0 amide bonds. The second kappa shape index (κ2) is 8.73. The third kappa shape index (κ3) is 4.85. The molecule has 0 bridgehead atoms. The van der Waals surface area contributed by atoms with Gasteiger partial charge in [0.2, 0.25) is 0 Å². The van der Waals surface area contributed by atoms with Crippen LogP contribution in [-0.4, -0.2) is 63.0 Å². The topological polar surface area (TPSA) is 46.1 Å². The standard InChI is InChI=1S/C17H35N3O2/c1-7-8-10-21-12-13-22-11-9-19-15(18-6)20-14-16(2,3)17(20,4)5/h7-14H2,1-6H3,(H,18,19). The lowest BCUT2D eigenvalue weighted by atomic mass is 9.65. The van der Waals surface area contributed by atoms with Crippen molar-refractivity contribution >= 4 is 5.96 Å². The third-order valence-corrected chi connectivity index (χ3v) is 4.90. The number of ether oxygens (including phenoxy) is 2. The predicted molar refractivity (Wildman–Crippen MR) is 92.5 cm³/mol. The van der Waals surface area contributed by atoms with Crippen molar-refractivity contribution in [1.29, 1.82) is 0 Å². The Kier molecular flexibility index (Phi) is 7.63. The van der Waals surface area contributed by atoms with Crippen LogP contribution in [0.5, 0.6) is 0 Å². The van der Waals surface area contributed by atoms with Crippen molar-refractivity contribution < 1.29 is 9.47 Å². The van der Waals surface area contributed by atoms with E-state index < -0.39 is 0 Å². The molecule has 130 valence electrons. The zero-order valence-corrected chi connectivity index (χ0v) is 15.4. The van der Waals surface area contributed by atoms with Crippen LogP contribution in [0.2, 0.25) is 0 Å². The summed E-state index contributed by atoms with van der Waals surface area (Å²) in [5.74, 6) is 0.965. The number of hydrogen-bond donors (Lipinski definition) is 1. The quantitative estimate of drug-likeness (QED) is 0.404. The Morgan fingerprint density at radius 2 is 1.73 bits per heavy atom. The van der Waals surface area contributed by atoms with Gasteiger partial charge < -0.3 is 19.7 Å². The molecule has 5 heteroatoms. The SMILES string of the molecule is CCCCOCCOCCNC(=NC)N1CC(C)(C)C1(C)C. The third-order valence-electron chi connectivity index (χ3n) is 4.90. The highest BCUT2D eigenvalue weighted by molar-refractivity contribution is 5.81. The van der Waals surface area contributed by atoms with Gasteiger partial charge in [-0.25, -0.2) is 0 Å². The summed E-state index contributed by atoms with van der Waals surface area (Å²) in [6, 6.07) is 0. The number of likely N-dealkylation sites (tertiary alicyclic amines) is 1. The van der Waals surface area contributed by atoms with E-state index in [0.717, 1.165) is 32.1 Å². The van der Waals surface area contributed by atoms with Gasteiger partial charge in [0.1, 0.15) is 0 Å². The Bertz CT molecular complexity index is 354. The number of unbranched alkanes of at least 4 members (excludes halogenated alkanes) is 1. The first-order chi connectivity index (χ1) is 10.4. The van der Waals surface area contributed by atoms with Crippen molar-refractivity contribution in [3.63, 3.8) is 0 Å². The molecule has 1 aliphatic rings. The van der Waals surface area contributed by atoms with Gasteiger partial charge in [-0.2, -0.15) is 0 Å². The molecule has 1 fully saturated rings. The van der Waals surface area contributed by atoms with Crippen LogP contribution in [0.15, 0.2) is 4.99 Å². The maximum absolute atomic E-state index is 5.57. The Balaban J connectivity index is 2.14. The van der Waals surface area contributed by atoms with Crippen LogP contribution >= 0.6 is 0 Å². The van der Waals surface area contributed by atoms with Crippen LogP contribution in [0, 0.1) is 5.41 Å². The van der Waals surface area contributed by atoms with E-state index in [1.807, 2.05) is 7.05 Å². The predicted octanol–water partition coefficient (Wildman–Crippen LogP) is 2.52. The summed E-state index contributed by atoms with van der Waals surface area (Å²) in [6.07, 6.45) is 2.30. The summed E-state index contributed by atoms with van der Waals surface area (Å²) in [5.41, 5.74) is 0.444. The molecule has 1 aliphatic heterocycles. The zero-order valence-electron chi connectivity index (χ0n) is 15.4. The van der Waals surface area contributed by atoms with E-state index in [4.69, 9.17) is 9.47 Å². The minimum atomic E-state index is 0.128. The Morgan fingerprint density at radius 1 is 1.09 bits per heavy atom. The van der Waals surface area contributed by atoms with E-state index in [9.17, 15) is 0 Å². The molecule has 0 spiro atoms. The second-order valence-corrected chi connectivity index (χ2v) is 7.08. The van der Waals surface area contributed by atoms with Crippen molar-refractivity contribution in [2.75, 3.05) is 46.6 Å². The van der Waals surface area contributed by atoms with Crippen LogP contribution < -0.4 is 5.32 Å². The van der Waals surface area contributed by atoms with E-state index in [2.05, 4.69) is 49.8 Å². The van der Waals surface area contributed by atoms with Gasteiger partial charge in [0.15, 0.2) is 5.96 Å². The monoisotopic (exact) mass is 313 g/mol. The molecule has 1 heterocycles. The molecular formula is C17H35N3O2. The van der Waals surface area contributed by atoms with Crippen molar-refractivity contribution in [3.05, 3.63) is 0 Å². The molecule has 5 nitrogen and oxygen atoms in total. The number of aliphatic imine (C=N–C) groups is 1. The average Bonchev–Trinajstić information content (AvgIpc) is 2.47. The molecular weight excluding hydrogens is 278 g/mol. The van der Waals surface area contributed by atoms with Gasteiger partial charge in [0.05, 0.1) is 19.8 Å². The molecule has 0 radical (unpaired) electrons. The fourth-order valence-electron chi connectivity index (χ4n) is 2.50. The molecule has 0 aromatic rings. The largest absolute Gasteiger partial charge is 0.379 e. The highest BCUT2D eigenvalue weighted by Gasteiger charge is 2.53. The van der Waals surface area contributed by atoms with Gasteiger partial charge in [0, 0.05) is 37.7 Å². The molecule has 22 heavy (non-hydrogen) atoms. The van der Waals surface area contributed by atoms with Gasteiger partial charge in [-0.15, -0.1) is 0 Å². The molecule has 0 unspecified atom stereocenters. The van der Waals surface area contributed by atoms with E-state index in [0.29, 0.717) is 25.2 Å². The van der Waals surface area contributed by atoms with Crippen LogP contribution in [0.1, 0.15) is 47.5 Å². The molecule has 0 saturated carbocycles. The molecule has 1 rings (SSSR count). The minimum absolute atomic E-state index is 0.128. The molecule has 1 saturated heterocycles. The van der Waals surface area contributed by atoms with Gasteiger partial charge >= 0.3 is 0 Å². The summed E-state index contributed by atoms with van der Waals surface area (Å²) in [4.78, 5) is 6.72. The first-order valence-electron chi connectivity index (χ1n) is 8.50. The Morgan fingerprint density at radius 3 is 2.23 bits per heavy atom. The lowest BCUT2D eigenvalue weighted by molar-refractivity contribution is -0.0669. The maximum atomic E-state index is 5.57. The summed E-state index contributed by atoms with van der Waals surface area (Å²) in [7, 11) is 1.84. The molecule has 0 aliphatic carbocycles. The highest BCUT2D eigenvalue weighted by atomic mass is 16.5. The van der Waals surface area contributed by atoms with Gasteiger partial charge in [-0.3, -0.25) is 4.99 Å². The van der Waals surface area contributed by atoms with Crippen molar-refractivity contribution in [2.45, 2.75) is 53.0 Å². The molecule has 0 aromatic heterocycles. The summed E-state index contributed by atoms with van der Waals surface area (Å²) < 4.78 is 11.0. The lowest BCUT2D eigenvalue weighted by Crippen LogP contribution is -2.72. The van der Waals surface area contributed by atoms with E-state index in [1.165, 1.54) is 6.42 Å². The van der Waals surface area contributed by atoms with Crippen molar-refractivity contribution in [2.24, 2.45) is 10.4 Å². The first-order valence-corrected chi connectivity index (χ1v) is 8.50.